The zero-order valence-electron chi connectivity index (χ0n) is 12.9. The Morgan fingerprint density at radius 2 is 2.11 bits per heavy atom. The second kappa shape index (κ2) is 7.59. The van der Waals surface area contributed by atoms with Gasteiger partial charge in [-0.25, -0.2) is 0 Å². The minimum atomic E-state index is 0.451. The van der Waals surface area contributed by atoms with Gasteiger partial charge in [0.15, 0.2) is 0 Å². The highest BCUT2D eigenvalue weighted by atomic mass is 32.2. The molecule has 104 valence electrons. The minimum Gasteiger partial charge on any atom is -0.114 e. The third kappa shape index (κ3) is 4.58. The summed E-state index contributed by atoms with van der Waals surface area (Å²) in [5, 5.41) is 0.451. The van der Waals surface area contributed by atoms with Crippen LogP contribution in [0, 0.1) is 5.92 Å². The van der Waals surface area contributed by atoms with Gasteiger partial charge in [-0.1, -0.05) is 47.6 Å². The van der Waals surface area contributed by atoms with Crippen LogP contribution < -0.4 is 0 Å². The molecule has 0 amide bonds. The molecule has 0 spiro atoms. The Hall–Kier alpha value is -0.950. The molecule has 0 aromatic carbocycles. The Balaban J connectivity index is 2.81. The lowest BCUT2D eigenvalue weighted by Gasteiger charge is -2.23. The largest absolute Gasteiger partial charge is 0.114 e. The van der Waals surface area contributed by atoms with Crippen molar-refractivity contribution in [3.8, 4) is 0 Å². The normalized spacial score (nSPS) is 22.2. The van der Waals surface area contributed by atoms with Crippen molar-refractivity contribution in [2.45, 2.75) is 46.3 Å². The fraction of sp³-hybridized carbons (Fsp3) is 0.444. The van der Waals surface area contributed by atoms with E-state index in [4.69, 9.17) is 0 Å². The molecule has 0 N–H and O–H groups in total. The lowest BCUT2D eigenvalue weighted by molar-refractivity contribution is 0.718. The molecule has 1 heteroatoms. The lowest BCUT2D eigenvalue weighted by atomic mass is 9.87. The molecule has 0 bridgehead atoms. The SMILES string of the molecule is C=C(C)C1CC=C(SC(/C=C\C)/C(C)=C\C)C=C1C. The Labute approximate surface area is 123 Å². The van der Waals surface area contributed by atoms with E-state index in [1.54, 1.807) is 0 Å². The number of hydrogen-bond acceptors (Lipinski definition) is 1. The molecule has 1 aliphatic carbocycles. The first-order valence-electron chi connectivity index (χ1n) is 6.95. The van der Waals surface area contributed by atoms with Crippen molar-refractivity contribution in [3.63, 3.8) is 0 Å². The van der Waals surface area contributed by atoms with Gasteiger partial charge in [-0.05, 0) is 47.1 Å². The van der Waals surface area contributed by atoms with Gasteiger partial charge >= 0.3 is 0 Å². The van der Waals surface area contributed by atoms with Crippen LogP contribution in [0.2, 0.25) is 0 Å². The molecule has 2 unspecified atom stereocenters. The van der Waals surface area contributed by atoms with Crippen LogP contribution in [0.5, 0.6) is 0 Å². The van der Waals surface area contributed by atoms with Crippen molar-refractivity contribution < 1.29 is 0 Å². The Morgan fingerprint density at radius 1 is 1.42 bits per heavy atom. The van der Waals surface area contributed by atoms with Gasteiger partial charge < -0.3 is 0 Å². The van der Waals surface area contributed by atoms with Crippen molar-refractivity contribution in [2.75, 3.05) is 0 Å². The maximum atomic E-state index is 4.09. The van der Waals surface area contributed by atoms with Gasteiger partial charge in [-0.3, -0.25) is 0 Å². The Morgan fingerprint density at radius 3 is 2.58 bits per heavy atom. The van der Waals surface area contributed by atoms with E-state index in [-0.39, 0.29) is 0 Å². The summed E-state index contributed by atoms with van der Waals surface area (Å²) in [4.78, 5) is 1.39. The summed E-state index contributed by atoms with van der Waals surface area (Å²) >= 11 is 1.94. The highest BCUT2D eigenvalue weighted by Gasteiger charge is 2.17. The summed E-state index contributed by atoms with van der Waals surface area (Å²) in [5.74, 6) is 0.535. The van der Waals surface area contributed by atoms with Crippen molar-refractivity contribution in [2.24, 2.45) is 5.92 Å². The van der Waals surface area contributed by atoms with Crippen molar-refractivity contribution in [1.29, 1.82) is 0 Å². The predicted octanol–water partition coefficient (Wildman–Crippen LogP) is 6.06. The van der Waals surface area contributed by atoms with E-state index < -0.39 is 0 Å². The first-order chi connectivity index (χ1) is 8.99. The van der Waals surface area contributed by atoms with E-state index in [0.29, 0.717) is 11.2 Å². The topological polar surface area (TPSA) is 0 Å². The summed E-state index contributed by atoms with van der Waals surface area (Å²) in [7, 11) is 0. The summed E-state index contributed by atoms with van der Waals surface area (Å²) < 4.78 is 0. The Bertz CT molecular complexity index is 446. The second-order valence-corrected chi connectivity index (χ2v) is 6.44. The van der Waals surface area contributed by atoms with Gasteiger partial charge in [-0.15, -0.1) is 11.8 Å². The van der Waals surface area contributed by atoms with Crippen LogP contribution in [0.3, 0.4) is 0 Å². The average molecular weight is 274 g/mol. The number of allylic oxidation sites excluding steroid dienone is 6. The molecule has 0 aliphatic heterocycles. The fourth-order valence-electron chi connectivity index (χ4n) is 2.25. The van der Waals surface area contributed by atoms with Crippen LogP contribution in [0.1, 0.15) is 41.0 Å². The minimum absolute atomic E-state index is 0.451. The van der Waals surface area contributed by atoms with Gasteiger partial charge in [0.05, 0.1) is 0 Å². The monoisotopic (exact) mass is 274 g/mol. The number of rotatable bonds is 5. The van der Waals surface area contributed by atoms with E-state index in [2.05, 4.69) is 71.6 Å². The molecule has 0 saturated carbocycles. The smallest absolute Gasteiger partial charge is 0.0481 e. The molecule has 1 aliphatic rings. The van der Waals surface area contributed by atoms with Gasteiger partial charge in [0, 0.05) is 16.1 Å². The van der Waals surface area contributed by atoms with Crippen LogP contribution >= 0.6 is 11.8 Å². The molecule has 0 aromatic rings. The van der Waals surface area contributed by atoms with Gasteiger partial charge in [0.2, 0.25) is 0 Å². The molecule has 0 heterocycles. The number of hydrogen-bond donors (Lipinski definition) is 0. The molecular weight excluding hydrogens is 248 g/mol. The second-order valence-electron chi connectivity index (χ2n) is 5.23. The van der Waals surface area contributed by atoms with Gasteiger partial charge in [0.25, 0.3) is 0 Å². The lowest BCUT2D eigenvalue weighted by Crippen LogP contribution is -2.07. The van der Waals surface area contributed by atoms with E-state index in [0.717, 1.165) is 6.42 Å². The highest BCUT2D eigenvalue weighted by molar-refractivity contribution is 8.04. The standard InChI is InChI=1S/C18H26S/c1-7-9-18(14(5)8-2)19-16-10-11-17(13(3)4)15(6)12-16/h7-10,12,17-18H,3,11H2,1-2,4-6H3/b9-7-,14-8-. The molecular formula is C18H26S. The zero-order chi connectivity index (χ0) is 14.4. The van der Waals surface area contributed by atoms with Crippen LogP contribution in [0.4, 0.5) is 0 Å². The number of thioether (sulfide) groups is 1. The molecule has 0 nitrogen and oxygen atoms in total. The van der Waals surface area contributed by atoms with Crippen LogP contribution in [0.25, 0.3) is 0 Å². The molecule has 0 radical (unpaired) electrons. The van der Waals surface area contributed by atoms with Crippen LogP contribution in [-0.2, 0) is 0 Å². The zero-order valence-corrected chi connectivity index (χ0v) is 13.7. The Kier molecular flexibility index (Phi) is 6.44. The van der Waals surface area contributed by atoms with Crippen LogP contribution in [0.15, 0.2) is 58.6 Å². The summed E-state index contributed by atoms with van der Waals surface area (Å²) in [6.45, 7) is 14.8. The third-order valence-corrected chi connectivity index (χ3v) is 4.94. The predicted molar refractivity (Wildman–Crippen MR) is 90.4 cm³/mol. The quantitative estimate of drug-likeness (QED) is 0.549. The molecule has 0 aromatic heterocycles. The average Bonchev–Trinajstić information content (AvgIpc) is 2.37. The first kappa shape index (κ1) is 16.1. The van der Waals surface area contributed by atoms with E-state index >= 15 is 0 Å². The molecule has 2 atom stereocenters. The molecule has 1 rings (SSSR count). The van der Waals surface area contributed by atoms with E-state index in [1.807, 2.05) is 11.8 Å². The summed E-state index contributed by atoms with van der Waals surface area (Å²) in [6, 6.07) is 0. The maximum Gasteiger partial charge on any atom is 0.0481 e. The van der Waals surface area contributed by atoms with Crippen molar-refractivity contribution >= 4 is 11.8 Å². The summed E-state index contributed by atoms with van der Waals surface area (Å²) in [6.07, 6.45) is 12.4. The summed E-state index contributed by atoms with van der Waals surface area (Å²) in [5.41, 5.74) is 4.12. The van der Waals surface area contributed by atoms with Gasteiger partial charge in [0.1, 0.15) is 0 Å². The molecule has 19 heavy (non-hydrogen) atoms. The third-order valence-electron chi connectivity index (χ3n) is 3.60. The maximum absolute atomic E-state index is 4.09. The van der Waals surface area contributed by atoms with Crippen molar-refractivity contribution in [3.05, 3.63) is 58.6 Å². The first-order valence-corrected chi connectivity index (χ1v) is 7.83. The fourth-order valence-corrected chi connectivity index (χ4v) is 3.54. The van der Waals surface area contributed by atoms with E-state index in [9.17, 15) is 0 Å². The van der Waals surface area contributed by atoms with Crippen LogP contribution in [-0.4, -0.2) is 5.25 Å². The van der Waals surface area contributed by atoms with Gasteiger partial charge in [-0.2, -0.15) is 0 Å². The van der Waals surface area contributed by atoms with Crippen molar-refractivity contribution in [1.82, 2.24) is 0 Å². The van der Waals surface area contributed by atoms with E-state index in [1.165, 1.54) is 21.6 Å². The highest BCUT2D eigenvalue weighted by Crippen LogP contribution is 2.36. The molecule has 0 fully saturated rings. The molecule has 0 saturated heterocycles.